The number of rotatable bonds is 12. The number of thioether (sulfide) groups is 1. The summed E-state index contributed by atoms with van der Waals surface area (Å²) in [6.07, 6.45) is 7.03. The number of hydrogen-bond acceptors (Lipinski definition) is 3. The molecule has 102 valence electrons. The monoisotopic (exact) mass is 264 g/mol. The van der Waals surface area contributed by atoms with Crippen molar-refractivity contribution < 1.29 is 13.9 Å². The second-order valence-electron chi connectivity index (χ2n) is 4.08. The summed E-state index contributed by atoms with van der Waals surface area (Å²) in [6.45, 7) is 2.43. The molecule has 0 amide bonds. The Labute approximate surface area is 109 Å². The molecule has 0 heterocycles. The summed E-state index contributed by atoms with van der Waals surface area (Å²) in [5, 5.41) is 0. The van der Waals surface area contributed by atoms with Crippen LogP contribution in [0, 0.1) is 0 Å². The van der Waals surface area contributed by atoms with Crippen LogP contribution in [0.2, 0.25) is 0 Å². The third-order valence-electron chi connectivity index (χ3n) is 2.40. The quantitative estimate of drug-likeness (QED) is 0.394. The van der Waals surface area contributed by atoms with Gasteiger partial charge in [0.05, 0.1) is 19.0 Å². The third-order valence-corrected chi connectivity index (χ3v) is 3.42. The van der Waals surface area contributed by atoms with E-state index in [0.29, 0.717) is 18.8 Å². The van der Waals surface area contributed by atoms with E-state index in [1.165, 1.54) is 0 Å². The Kier molecular flexibility index (Phi) is 13.6. The number of esters is 1. The average molecular weight is 264 g/mol. The molecule has 0 saturated carbocycles. The van der Waals surface area contributed by atoms with E-state index in [4.69, 9.17) is 4.74 Å². The highest BCUT2D eigenvalue weighted by Gasteiger charge is 2.01. The lowest BCUT2D eigenvalue weighted by molar-refractivity contribution is -0.140. The van der Waals surface area contributed by atoms with E-state index < -0.39 is 0 Å². The molecule has 0 N–H and O–H groups in total. The molecule has 17 heavy (non-hydrogen) atoms. The molecule has 0 aromatic carbocycles. The molecular weight excluding hydrogens is 239 g/mol. The van der Waals surface area contributed by atoms with Gasteiger partial charge in [-0.25, -0.2) is 0 Å². The first-order valence-corrected chi connectivity index (χ1v) is 7.76. The van der Waals surface area contributed by atoms with E-state index in [0.717, 1.165) is 44.3 Å². The van der Waals surface area contributed by atoms with Crippen LogP contribution in [0.3, 0.4) is 0 Å². The number of carbonyl (C=O) groups excluding carboxylic acids is 1. The minimum absolute atomic E-state index is 0.0964. The normalized spacial score (nSPS) is 10.5. The minimum atomic E-state index is -0.196. The van der Waals surface area contributed by atoms with Crippen molar-refractivity contribution in [2.24, 2.45) is 0 Å². The molecule has 0 aromatic heterocycles. The molecule has 0 fully saturated rings. The van der Waals surface area contributed by atoms with Crippen LogP contribution in [-0.2, 0) is 9.53 Å². The first-order chi connectivity index (χ1) is 8.31. The number of alkyl halides is 1. The Morgan fingerprint density at radius 3 is 2.53 bits per heavy atom. The molecule has 0 aliphatic rings. The summed E-state index contributed by atoms with van der Waals surface area (Å²) < 4.78 is 16.8. The zero-order chi connectivity index (χ0) is 12.8. The maximum absolute atomic E-state index is 11.8. The first-order valence-electron chi connectivity index (χ1n) is 6.60. The van der Waals surface area contributed by atoms with Crippen LogP contribution in [-0.4, -0.2) is 30.8 Å². The van der Waals surface area contributed by atoms with Gasteiger partial charge in [-0.3, -0.25) is 9.18 Å². The fraction of sp³-hybridized carbons (Fsp3) is 0.923. The van der Waals surface area contributed by atoms with Crippen LogP contribution in [0.5, 0.6) is 0 Å². The average Bonchev–Trinajstić information content (AvgIpc) is 2.33. The van der Waals surface area contributed by atoms with Crippen LogP contribution < -0.4 is 0 Å². The van der Waals surface area contributed by atoms with Crippen molar-refractivity contribution in [3.8, 4) is 0 Å². The molecule has 0 aliphatic carbocycles. The Hall–Kier alpha value is -0.250. The topological polar surface area (TPSA) is 26.3 Å². The smallest absolute Gasteiger partial charge is 0.315 e. The molecule has 0 saturated heterocycles. The van der Waals surface area contributed by atoms with Gasteiger partial charge < -0.3 is 4.74 Å². The standard InChI is InChI=1S/C13H25FO2S/c1-2-3-10-16-13(15)12-17-11-8-6-4-5-7-9-14/h2-12H2,1H3. The highest BCUT2D eigenvalue weighted by Crippen LogP contribution is 2.09. The van der Waals surface area contributed by atoms with Crippen molar-refractivity contribution in [3.63, 3.8) is 0 Å². The maximum Gasteiger partial charge on any atom is 0.315 e. The summed E-state index contributed by atoms with van der Waals surface area (Å²) in [7, 11) is 0. The van der Waals surface area contributed by atoms with Gasteiger partial charge >= 0.3 is 5.97 Å². The van der Waals surface area contributed by atoms with Crippen LogP contribution in [0.4, 0.5) is 4.39 Å². The minimum Gasteiger partial charge on any atom is -0.465 e. The summed E-state index contributed by atoms with van der Waals surface area (Å²) >= 11 is 1.63. The first kappa shape index (κ1) is 16.8. The molecule has 4 heteroatoms. The predicted octanol–water partition coefficient (Wildman–Crippen LogP) is 3.98. The number of unbranched alkanes of at least 4 members (excludes halogenated alkanes) is 5. The van der Waals surface area contributed by atoms with Crippen molar-refractivity contribution in [2.75, 3.05) is 24.8 Å². The van der Waals surface area contributed by atoms with E-state index in [1.54, 1.807) is 11.8 Å². The van der Waals surface area contributed by atoms with E-state index in [-0.39, 0.29) is 12.6 Å². The lowest BCUT2D eigenvalue weighted by atomic mass is 10.2. The highest BCUT2D eigenvalue weighted by atomic mass is 32.2. The van der Waals surface area contributed by atoms with Crippen molar-refractivity contribution >= 4 is 17.7 Å². The van der Waals surface area contributed by atoms with Crippen molar-refractivity contribution in [2.45, 2.75) is 51.9 Å². The molecule has 2 nitrogen and oxygen atoms in total. The Balaban J connectivity index is 3.08. The second kappa shape index (κ2) is 13.8. The third kappa shape index (κ3) is 13.7. The van der Waals surface area contributed by atoms with Gasteiger partial charge in [0.15, 0.2) is 0 Å². The van der Waals surface area contributed by atoms with Crippen molar-refractivity contribution in [1.29, 1.82) is 0 Å². The molecule has 0 atom stereocenters. The SMILES string of the molecule is CCCCOC(=O)CSCCCCCCCF. The Morgan fingerprint density at radius 2 is 1.82 bits per heavy atom. The van der Waals surface area contributed by atoms with Crippen molar-refractivity contribution in [3.05, 3.63) is 0 Å². The molecule has 0 rings (SSSR count). The van der Waals surface area contributed by atoms with E-state index in [2.05, 4.69) is 6.92 Å². The second-order valence-corrected chi connectivity index (χ2v) is 5.19. The zero-order valence-electron chi connectivity index (χ0n) is 10.9. The van der Waals surface area contributed by atoms with Crippen LogP contribution in [0.25, 0.3) is 0 Å². The number of halogens is 1. The van der Waals surface area contributed by atoms with Gasteiger partial charge in [0.25, 0.3) is 0 Å². The summed E-state index contributed by atoms with van der Waals surface area (Å²) in [5.74, 6) is 1.37. The van der Waals surface area contributed by atoms with Gasteiger partial charge in [0.2, 0.25) is 0 Å². The molecule has 0 unspecified atom stereocenters. The molecule has 0 aromatic rings. The van der Waals surface area contributed by atoms with E-state index in [9.17, 15) is 9.18 Å². The lowest BCUT2D eigenvalue weighted by Gasteiger charge is -2.03. The van der Waals surface area contributed by atoms with E-state index >= 15 is 0 Å². The summed E-state index contributed by atoms with van der Waals surface area (Å²) in [6, 6.07) is 0. The van der Waals surface area contributed by atoms with Gasteiger partial charge in [0, 0.05) is 0 Å². The van der Waals surface area contributed by atoms with Crippen LogP contribution in [0.1, 0.15) is 51.9 Å². The van der Waals surface area contributed by atoms with Gasteiger partial charge in [-0.15, -0.1) is 0 Å². The molecule has 0 spiro atoms. The summed E-state index contributed by atoms with van der Waals surface area (Å²) in [4.78, 5) is 11.2. The van der Waals surface area contributed by atoms with Gasteiger partial charge in [-0.1, -0.05) is 32.6 Å². The molecule has 0 bridgehead atoms. The number of carbonyl (C=O) groups is 1. The molecule has 0 aliphatic heterocycles. The number of hydrogen-bond donors (Lipinski definition) is 0. The van der Waals surface area contributed by atoms with Gasteiger partial charge in [-0.05, 0) is 25.0 Å². The maximum atomic E-state index is 11.8. The highest BCUT2D eigenvalue weighted by molar-refractivity contribution is 7.99. The number of ether oxygens (including phenoxy) is 1. The zero-order valence-corrected chi connectivity index (χ0v) is 11.7. The fourth-order valence-corrected chi connectivity index (χ4v) is 2.16. The van der Waals surface area contributed by atoms with Crippen LogP contribution >= 0.6 is 11.8 Å². The molecule has 0 radical (unpaired) electrons. The van der Waals surface area contributed by atoms with E-state index in [1.807, 2.05) is 0 Å². The fourth-order valence-electron chi connectivity index (χ4n) is 1.36. The van der Waals surface area contributed by atoms with Gasteiger partial charge in [-0.2, -0.15) is 11.8 Å². The lowest BCUT2D eigenvalue weighted by Crippen LogP contribution is -2.08. The molecular formula is C13H25FO2S. The summed E-state index contributed by atoms with van der Waals surface area (Å²) in [5.41, 5.74) is 0. The van der Waals surface area contributed by atoms with Crippen LogP contribution in [0.15, 0.2) is 0 Å². The van der Waals surface area contributed by atoms with Gasteiger partial charge in [0.1, 0.15) is 0 Å². The Morgan fingerprint density at radius 1 is 1.12 bits per heavy atom. The predicted molar refractivity (Wildman–Crippen MR) is 72.3 cm³/mol. The largest absolute Gasteiger partial charge is 0.465 e. The van der Waals surface area contributed by atoms with Crippen molar-refractivity contribution in [1.82, 2.24) is 0 Å². The Bertz CT molecular complexity index is 177.